The molecule has 0 radical (unpaired) electrons. The number of carbonyl (C=O) groups is 1. The molecule has 0 aromatic heterocycles. The van der Waals surface area contributed by atoms with Gasteiger partial charge in [-0.05, 0) is 48.6 Å². The molecule has 2 aromatic carbocycles. The Hall–Kier alpha value is -2.62. The third-order valence-electron chi connectivity index (χ3n) is 3.95. The molecule has 2 aromatic rings. The number of hydrazone groups is 1. The Morgan fingerprint density at radius 1 is 1.08 bits per heavy atom. The maximum atomic E-state index is 12.1. The molecule has 0 spiro atoms. The quantitative estimate of drug-likeness (QED) is 0.640. The van der Waals surface area contributed by atoms with Gasteiger partial charge >= 0.3 is 0 Å². The van der Waals surface area contributed by atoms with Gasteiger partial charge in [0.1, 0.15) is 5.75 Å². The summed E-state index contributed by atoms with van der Waals surface area (Å²) in [6.07, 6.45) is 0.764. The van der Waals surface area contributed by atoms with Gasteiger partial charge in [-0.3, -0.25) is 4.79 Å². The first-order valence-corrected chi connectivity index (χ1v) is 7.95. The largest absolute Gasteiger partial charge is 0.497 e. The second kappa shape index (κ2) is 7.77. The number of hydrogen-bond donors (Lipinski definition) is 1. The van der Waals surface area contributed by atoms with Crippen LogP contribution >= 0.6 is 0 Å². The maximum absolute atomic E-state index is 12.1. The molecule has 0 saturated carbocycles. The number of methoxy groups -OCH3 is 1. The summed E-state index contributed by atoms with van der Waals surface area (Å²) in [5.41, 5.74) is 5.26. The van der Waals surface area contributed by atoms with Crippen LogP contribution < -0.4 is 10.2 Å². The predicted molar refractivity (Wildman–Crippen MR) is 97.7 cm³/mol. The highest BCUT2D eigenvalue weighted by molar-refractivity contribution is 5.95. The van der Waals surface area contributed by atoms with Gasteiger partial charge in [-0.1, -0.05) is 44.2 Å². The molecular weight excluding hydrogens is 300 g/mol. The summed E-state index contributed by atoms with van der Waals surface area (Å²) in [6, 6.07) is 17.2. The van der Waals surface area contributed by atoms with E-state index in [1.807, 2.05) is 25.1 Å². The Labute approximate surface area is 143 Å². The molecule has 0 aliphatic rings. The Morgan fingerprint density at radius 3 is 2.29 bits per heavy atom. The molecule has 0 unspecified atom stereocenters. The molecule has 4 heteroatoms. The van der Waals surface area contributed by atoms with Crippen molar-refractivity contribution in [2.24, 2.45) is 5.10 Å². The maximum Gasteiger partial charge on any atom is 0.271 e. The number of nitrogens with zero attached hydrogens (tertiary/aromatic N) is 1. The SMILES string of the molecule is COc1ccc(C(=O)NN=C(C)CC(C)(C)c2ccccc2)cc1. The first kappa shape index (κ1) is 17.7. The highest BCUT2D eigenvalue weighted by Gasteiger charge is 2.21. The van der Waals surface area contributed by atoms with Crippen molar-refractivity contribution in [3.63, 3.8) is 0 Å². The van der Waals surface area contributed by atoms with Crippen molar-refractivity contribution >= 4 is 11.6 Å². The normalized spacial score (nSPS) is 11.9. The molecule has 0 saturated heterocycles. The van der Waals surface area contributed by atoms with E-state index in [4.69, 9.17) is 4.74 Å². The molecule has 1 N–H and O–H groups in total. The summed E-state index contributed by atoms with van der Waals surface area (Å²) in [4.78, 5) is 12.1. The topological polar surface area (TPSA) is 50.7 Å². The second-order valence-electron chi connectivity index (χ2n) is 6.44. The van der Waals surface area contributed by atoms with Crippen LogP contribution in [0.4, 0.5) is 0 Å². The molecular formula is C20H24N2O2. The summed E-state index contributed by atoms with van der Waals surface area (Å²) in [6.45, 7) is 6.28. The Kier molecular flexibility index (Phi) is 5.74. The molecule has 24 heavy (non-hydrogen) atoms. The van der Waals surface area contributed by atoms with Crippen LogP contribution in [-0.4, -0.2) is 18.7 Å². The van der Waals surface area contributed by atoms with Gasteiger partial charge < -0.3 is 4.74 Å². The summed E-state index contributed by atoms with van der Waals surface area (Å²) < 4.78 is 5.08. The van der Waals surface area contributed by atoms with Crippen molar-refractivity contribution in [3.05, 3.63) is 65.7 Å². The molecule has 0 fully saturated rings. The molecule has 0 atom stereocenters. The van der Waals surface area contributed by atoms with E-state index in [1.165, 1.54) is 5.56 Å². The fourth-order valence-electron chi connectivity index (χ4n) is 2.62. The van der Waals surface area contributed by atoms with Crippen LogP contribution in [0.5, 0.6) is 5.75 Å². The minimum absolute atomic E-state index is 0.0420. The average molecular weight is 324 g/mol. The van der Waals surface area contributed by atoms with Crippen molar-refractivity contribution in [2.75, 3.05) is 7.11 Å². The Bertz CT molecular complexity index is 704. The zero-order valence-electron chi connectivity index (χ0n) is 14.7. The first-order valence-electron chi connectivity index (χ1n) is 7.95. The molecule has 1 amide bonds. The van der Waals surface area contributed by atoms with E-state index in [1.54, 1.807) is 31.4 Å². The van der Waals surface area contributed by atoms with Gasteiger partial charge in [0.05, 0.1) is 7.11 Å². The molecule has 0 bridgehead atoms. The van der Waals surface area contributed by atoms with E-state index in [-0.39, 0.29) is 11.3 Å². The fourth-order valence-corrected chi connectivity index (χ4v) is 2.62. The molecule has 126 valence electrons. The summed E-state index contributed by atoms with van der Waals surface area (Å²) >= 11 is 0. The van der Waals surface area contributed by atoms with Gasteiger partial charge in [-0.2, -0.15) is 5.10 Å². The zero-order valence-corrected chi connectivity index (χ0v) is 14.7. The second-order valence-corrected chi connectivity index (χ2v) is 6.44. The minimum atomic E-state index is -0.227. The number of benzene rings is 2. The fraction of sp³-hybridized carbons (Fsp3) is 0.300. The summed E-state index contributed by atoms with van der Waals surface area (Å²) in [5.74, 6) is 0.491. The van der Waals surface area contributed by atoms with Crippen LogP contribution in [0.2, 0.25) is 0 Å². The van der Waals surface area contributed by atoms with Crippen LogP contribution in [0.1, 0.15) is 43.1 Å². The van der Waals surface area contributed by atoms with Gasteiger partial charge in [-0.25, -0.2) is 5.43 Å². The van der Waals surface area contributed by atoms with E-state index < -0.39 is 0 Å². The third kappa shape index (κ3) is 4.69. The average Bonchev–Trinajstić information content (AvgIpc) is 2.60. The van der Waals surface area contributed by atoms with Gasteiger partial charge in [0.2, 0.25) is 0 Å². The molecule has 2 rings (SSSR count). The van der Waals surface area contributed by atoms with Crippen LogP contribution in [0.3, 0.4) is 0 Å². The zero-order chi connectivity index (χ0) is 17.6. The van der Waals surface area contributed by atoms with E-state index in [2.05, 4.69) is 36.5 Å². The highest BCUT2D eigenvalue weighted by Crippen LogP contribution is 2.27. The lowest BCUT2D eigenvalue weighted by molar-refractivity contribution is 0.0954. The lowest BCUT2D eigenvalue weighted by Gasteiger charge is -2.25. The Morgan fingerprint density at radius 2 is 1.71 bits per heavy atom. The van der Waals surface area contributed by atoms with Crippen molar-refractivity contribution in [3.8, 4) is 5.75 Å². The number of rotatable bonds is 6. The molecule has 0 aliphatic carbocycles. The number of carbonyl (C=O) groups excluding carboxylic acids is 1. The molecule has 0 heterocycles. The standard InChI is InChI=1S/C20H24N2O2/c1-15(14-20(2,3)17-8-6-5-7-9-17)21-22-19(23)16-10-12-18(24-4)13-11-16/h5-13H,14H2,1-4H3,(H,22,23). The van der Waals surface area contributed by atoms with E-state index in [0.29, 0.717) is 5.56 Å². The van der Waals surface area contributed by atoms with Crippen molar-refractivity contribution < 1.29 is 9.53 Å². The van der Waals surface area contributed by atoms with Gasteiger partial charge in [0.25, 0.3) is 5.91 Å². The lowest BCUT2D eigenvalue weighted by atomic mass is 9.80. The third-order valence-corrected chi connectivity index (χ3v) is 3.95. The van der Waals surface area contributed by atoms with Gasteiger partial charge in [0, 0.05) is 11.3 Å². The van der Waals surface area contributed by atoms with E-state index in [9.17, 15) is 4.79 Å². The molecule has 0 aliphatic heterocycles. The summed E-state index contributed by atoms with van der Waals surface area (Å²) in [7, 11) is 1.59. The number of amides is 1. The predicted octanol–water partition coefficient (Wildman–Crippen LogP) is 4.17. The lowest BCUT2D eigenvalue weighted by Crippen LogP contribution is -2.24. The number of nitrogens with one attached hydrogen (secondary N) is 1. The monoisotopic (exact) mass is 324 g/mol. The number of hydrogen-bond acceptors (Lipinski definition) is 3. The van der Waals surface area contributed by atoms with Crippen molar-refractivity contribution in [2.45, 2.75) is 32.6 Å². The smallest absolute Gasteiger partial charge is 0.271 e. The van der Waals surface area contributed by atoms with Crippen LogP contribution in [0.15, 0.2) is 59.7 Å². The summed E-state index contributed by atoms with van der Waals surface area (Å²) in [5, 5.41) is 4.24. The van der Waals surface area contributed by atoms with Crippen molar-refractivity contribution in [1.29, 1.82) is 0 Å². The first-order chi connectivity index (χ1) is 11.4. The van der Waals surface area contributed by atoms with Crippen LogP contribution in [0, 0.1) is 0 Å². The van der Waals surface area contributed by atoms with E-state index >= 15 is 0 Å². The number of ether oxygens (including phenoxy) is 1. The Balaban J connectivity index is 1.99. The highest BCUT2D eigenvalue weighted by atomic mass is 16.5. The van der Waals surface area contributed by atoms with Crippen molar-refractivity contribution in [1.82, 2.24) is 5.43 Å². The van der Waals surface area contributed by atoms with Gasteiger partial charge in [0.15, 0.2) is 0 Å². The van der Waals surface area contributed by atoms with E-state index in [0.717, 1.165) is 17.9 Å². The molecule has 4 nitrogen and oxygen atoms in total. The van der Waals surface area contributed by atoms with Crippen LogP contribution in [-0.2, 0) is 5.41 Å². The minimum Gasteiger partial charge on any atom is -0.497 e. The van der Waals surface area contributed by atoms with Gasteiger partial charge in [-0.15, -0.1) is 0 Å². The van der Waals surface area contributed by atoms with Crippen LogP contribution in [0.25, 0.3) is 0 Å².